The molecule has 1 N–H and O–H groups in total. The molecule has 1 aromatic carbocycles. The van der Waals surface area contributed by atoms with Gasteiger partial charge in [0.2, 0.25) is 0 Å². The molecule has 1 rings (SSSR count). The number of aryl methyl sites for hydroxylation is 1. The van der Waals surface area contributed by atoms with E-state index in [1.807, 2.05) is 13.8 Å². The average molecular weight is 347 g/mol. The first-order chi connectivity index (χ1) is 10.3. The van der Waals surface area contributed by atoms with Crippen molar-refractivity contribution in [3.05, 3.63) is 28.8 Å². The van der Waals surface area contributed by atoms with Gasteiger partial charge in [0.25, 0.3) is 10.0 Å². The van der Waals surface area contributed by atoms with Crippen LogP contribution in [0.4, 0.5) is 4.79 Å². The summed E-state index contributed by atoms with van der Waals surface area (Å²) in [5.74, 6) is 0. The van der Waals surface area contributed by atoms with Crippen molar-refractivity contribution in [3.63, 3.8) is 0 Å². The zero-order valence-electron chi connectivity index (χ0n) is 13.2. The summed E-state index contributed by atoms with van der Waals surface area (Å²) >= 11 is 5.97. The second-order valence-electron chi connectivity index (χ2n) is 5.06. The highest BCUT2D eigenvalue weighted by Gasteiger charge is 2.27. The molecule has 22 heavy (non-hydrogen) atoms. The quantitative estimate of drug-likeness (QED) is 0.822. The Morgan fingerprint density at radius 1 is 1.27 bits per heavy atom. The molecule has 5 nitrogen and oxygen atoms in total. The van der Waals surface area contributed by atoms with Crippen LogP contribution in [0, 0.1) is 0 Å². The second kappa shape index (κ2) is 8.39. The molecule has 7 heteroatoms. The lowest BCUT2D eigenvalue weighted by molar-refractivity contribution is 0.228. The third-order valence-corrected chi connectivity index (χ3v) is 5.35. The molecule has 0 aromatic heterocycles. The molecule has 124 valence electrons. The fourth-order valence-corrected chi connectivity index (χ4v) is 3.47. The Hall–Kier alpha value is -1.27. The maximum atomic E-state index is 12.7. The number of amides is 2. The molecule has 1 aromatic rings. The summed E-state index contributed by atoms with van der Waals surface area (Å²) in [6.45, 7) is 4.36. The fraction of sp³-hybridized carbons (Fsp3) is 0.533. The van der Waals surface area contributed by atoms with Crippen LogP contribution in [0.3, 0.4) is 0 Å². The molecule has 0 unspecified atom stereocenters. The predicted octanol–water partition coefficient (Wildman–Crippen LogP) is 3.42. The van der Waals surface area contributed by atoms with E-state index in [2.05, 4.69) is 5.32 Å². The van der Waals surface area contributed by atoms with Crippen molar-refractivity contribution in [1.29, 1.82) is 0 Å². The van der Waals surface area contributed by atoms with Crippen LogP contribution in [0.15, 0.2) is 23.1 Å². The highest BCUT2D eigenvalue weighted by molar-refractivity contribution is 7.89. The zero-order chi connectivity index (χ0) is 16.8. The third-order valence-electron chi connectivity index (χ3n) is 3.27. The summed E-state index contributed by atoms with van der Waals surface area (Å²) in [7, 11) is -2.62. The lowest BCUT2D eigenvalue weighted by atomic mass is 10.1. The van der Waals surface area contributed by atoms with Gasteiger partial charge in [-0.15, -0.1) is 0 Å². The van der Waals surface area contributed by atoms with Crippen molar-refractivity contribution >= 4 is 27.7 Å². The van der Waals surface area contributed by atoms with Crippen LogP contribution in [0.25, 0.3) is 0 Å². The summed E-state index contributed by atoms with van der Waals surface area (Å²) in [6, 6.07) is 4.02. The van der Waals surface area contributed by atoms with E-state index in [-0.39, 0.29) is 4.90 Å². The van der Waals surface area contributed by atoms with Crippen LogP contribution >= 0.6 is 11.6 Å². The first kappa shape index (κ1) is 18.8. The molecule has 0 saturated heterocycles. The number of carbonyl (C=O) groups excluding carboxylic acids is 1. The number of nitrogens with one attached hydrogen (secondary N) is 1. The van der Waals surface area contributed by atoms with Gasteiger partial charge in [-0.1, -0.05) is 31.9 Å². The standard InChI is InChI=1S/C15H23ClN2O3S/c1-4-6-7-12-11-13(16)8-9-14(12)22(20,21)18(3)15(19)17-10-5-2/h8-9,11H,4-7,10H2,1-3H3,(H,17,19). The van der Waals surface area contributed by atoms with E-state index >= 15 is 0 Å². The van der Waals surface area contributed by atoms with E-state index in [9.17, 15) is 13.2 Å². The number of urea groups is 1. The highest BCUT2D eigenvalue weighted by Crippen LogP contribution is 2.24. The Labute approximate surface area is 137 Å². The lowest BCUT2D eigenvalue weighted by Gasteiger charge is -2.20. The number of carbonyl (C=O) groups is 1. The van der Waals surface area contributed by atoms with E-state index in [1.165, 1.54) is 19.2 Å². The normalized spacial score (nSPS) is 11.3. The van der Waals surface area contributed by atoms with Gasteiger partial charge in [0.05, 0.1) is 4.90 Å². The maximum Gasteiger partial charge on any atom is 0.331 e. The van der Waals surface area contributed by atoms with Gasteiger partial charge < -0.3 is 5.32 Å². The van der Waals surface area contributed by atoms with Gasteiger partial charge in [-0.05, 0) is 43.0 Å². The Morgan fingerprint density at radius 3 is 2.55 bits per heavy atom. The lowest BCUT2D eigenvalue weighted by Crippen LogP contribution is -2.41. The molecule has 0 aliphatic rings. The van der Waals surface area contributed by atoms with Gasteiger partial charge in [-0.3, -0.25) is 0 Å². The van der Waals surface area contributed by atoms with Gasteiger partial charge in [-0.25, -0.2) is 17.5 Å². The van der Waals surface area contributed by atoms with Crippen molar-refractivity contribution in [1.82, 2.24) is 9.62 Å². The molecule has 0 saturated carbocycles. The summed E-state index contributed by atoms with van der Waals surface area (Å²) in [6.07, 6.45) is 3.14. The smallest absolute Gasteiger partial charge is 0.331 e. The van der Waals surface area contributed by atoms with Crippen LogP contribution in [0.2, 0.25) is 5.02 Å². The Kier molecular flexibility index (Phi) is 7.16. The molecule has 0 heterocycles. The van der Waals surface area contributed by atoms with Crippen LogP contribution in [-0.2, 0) is 16.4 Å². The Bertz CT molecular complexity index is 617. The highest BCUT2D eigenvalue weighted by atomic mass is 35.5. The minimum atomic E-state index is -3.88. The number of hydrogen-bond donors (Lipinski definition) is 1. The van der Waals surface area contributed by atoms with Gasteiger partial charge in [0.15, 0.2) is 0 Å². The summed E-state index contributed by atoms with van der Waals surface area (Å²) in [5, 5.41) is 3.05. The van der Waals surface area contributed by atoms with E-state index < -0.39 is 16.1 Å². The Balaban J connectivity index is 3.13. The Morgan fingerprint density at radius 2 is 1.95 bits per heavy atom. The molecule has 0 aliphatic carbocycles. The molecule has 0 aliphatic heterocycles. The summed E-state index contributed by atoms with van der Waals surface area (Å²) in [4.78, 5) is 12.1. The van der Waals surface area contributed by atoms with Gasteiger partial charge in [0.1, 0.15) is 0 Å². The minimum absolute atomic E-state index is 0.138. The average Bonchev–Trinajstić information content (AvgIpc) is 2.49. The van der Waals surface area contributed by atoms with Crippen molar-refractivity contribution in [3.8, 4) is 0 Å². The largest absolute Gasteiger partial charge is 0.337 e. The number of sulfonamides is 1. The van der Waals surface area contributed by atoms with Crippen LogP contribution in [0.1, 0.15) is 38.7 Å². The maximum absolute atomic E-state index is 12.7. The summed E-state index contributed by atoms with van der Waals surface area (Å²) in [5.41, 5.74) is 0.643. The first-order valence-electron chi connectivity index (χ1n) is 7.39. The number of halogens is 1. The van der Waals surface area contributed by atoms with E-state index in [0.29, 0.717) is 23.6 Å². The molecular weight excluding hydrogens is 324 g/mol. The van der Waals surface area contributed by atoms with E-state index in [1.54, 1.807) is 6.07 Å². The monoisotopic (exact) mass is 346 g/mol. The number of rotatable bonds is 7. The molecule has 0 fully saturated rings. The van der Waals surface area contributed by atoms with Crippen molar-refractivity contribution in [2.24, 2.45) is 0 Å². The number of benzene rings is 1. The SMILES string of the molecule is CCCCc1cc(Cl)ccc1S(=O)(=O)N(C)C(=O)NCCC. The van der Waals surface area contributed by atoms with Crippen molar-refractivity contribution in [2.45, 2.75) is 44.4 Å². The van der Waals surface area contributed by atoms with Gasteiger partial charge in [0, 0.05) is 18.6 Å². The zero-order valence-corrected chi connectivity index (χ0v) is 14.8. The molecule has 0 radical (unpaired) electrons. The van der Waals surface area contributed by atoms with Crippen LogP contribution in [0.5, 0.6) is 0 Å². The molecule has 0 bridgehead atoms. The van der Waals surface area contributed by atoms with Crippen molar-refractivity contribution in [2.75, 3.05) is 13.6 Å². The van der Waals surface area contributed by atoms with Gasteiger partial charge >= 0.3 is 6.03 Å². The van der Waals surface area contributed by atoms with Crippen LogP contribution in [-0.4, -0.2) is 32.3 Å². The summed E-state index contributed by atoms with van der Waals surface area (Å²) < 4.78 is 26.1. The fourth-order valence-electron chi connectivity index (χ4n) is 1.96. The molecular formula is C15H23ClN2O3S. The van der Waals surface area contributed by atoms with E-state index in [4.69, 9.17) is 11.6 Å². The number of unbranched alkanes of at least 4 members (excludes halogenated alkanes) is 1. The van der Waals surface area contributed by atoms with Crippen LogP contribution < -0.4 is 5.32 Å². The first-order valence-corrected chi connectivity index (χ1v) is 9.21. The van der Waals surface area contributed by atoms with Gasteiger partial charge in [-0.2, -0.15) is 0 Å². The number of hydrogen-bond acceptors (Lipinski definition) is 3. The van der Waals surface area contributed by atoms with E-state index in [0.717, 1.165) is 23.6 Å². The third kappa shape index (κ3) is 4.61. The molecule has 2 amide bonds. The second-order valence-corrected chi connectivity index (χ2v) is 7.43. The van der Waals surface area contributed by atoms with Crippen molar-refractivity contribution < 1.29 is 13.2 Å². The topological polar surface area (TPSA) is 66.5 Å². The number of nitrogens with zero attached hydrogens (tertiary/aromatic N) is 1. The predicted molar refractivity (Wildman–Crippen MR) is 88.7 cm³/mol. The minimum Gasteiger partial charge on any atom is -0.337 e. The molecule has 0 atom stereocenters. The molecule has 0 spiro atoms.